The standard InChI is InChI=1S/C12H8BrNO3/c13-8-3-1-7(2-4-8)10-5-9(12(16)17)11(15)6-14-10/h1-6,15H,(H,16,17). The van der Waals surface area contributed by atoms with Crippen molar-refractivity contribution in [3.8, 4) is 17.0 Å². The van der Waals surface area contributed by atoms with E-state index in [1.165, 1.54) is 6.07 Å². The van der Waals surface area contributed by atoms with E-state index in [4.69, 9.17) is 5.11 Å². The van der Waals surface area contributed by atoms with Crippen LogP contribution in [0, 0.1) is 0 Å². The number of rotatable bonds is 2. The Labute approximate surface area is 106 Å². The van der Waals surface area contributed by atoms with Crippen molar-refractivity contribution >= 4 is 21.9 Å². The highest BCUT2D eigenvalue weighted by atomic mass is 79.9. The Kier molecular flexibility index (Phi) is 3.10. The van der Waals surface area contributed by atoms with E-state index in [0.29, 0.717) is 5.69 Å². The zero-order valence-corrected chi connectivity index (χ0v) is 10.2. The number of aromatic carboxylic acids is 1. The maximum atomic E-state index is 10.9. The number of benzene rings is 1. The van der Waals surface area contributed by atoms with E-state index in [-0.39, 0.29) is 11.3 Å². The van der Waals surface area contributed by atoms with Crippen LogP contribution in [0.1, 0.15) is 10.4 Å². The van der Waals surface area contributed by atoms with Crippen LogP contribution >= 0.6 is 15.9 Å². The largest absolute Gasteiger partial charge is 0.505 e. The fourth-order valence-electron chi connectivity index (χ4n) is 1.40. The number of aromatic nitrogens is 1. The molecule has 0 aliphatic carbocycles. The number of hydrogen-bond acceptors (Lipinski definition) is 3. The van der Waals surface area contributed by atoms with Crippen LogP contribution in [-0.4, -0.2) is 21.2 Å². The van der Waals surface area contributed by atoms with E-state index >= 15 is 0 Å². The molecule has 0 bridgehead atoms. The first-order valence-electron chi connectivity index (χ1n) is 4.76. The van der Waals surface area contributed by atoms with Crippen molar-refractivity contribution < 1.29 is 15.0 Å². The topological polar surface area (TPSA) is 70.4 Å². The predicted octanol–water partition coefficient (Wildman–Crippen LogP) is 2.91. The quantitative estimate of drug-likeness (QED) is 0.893. The first-order valence-corrected chi connectivity index (χ1v) is 5.55. The Morgan fingerprint density at radius 3 is 2.47 bits per heavy atom. The number of halogens is 1. The number of carboxylic acids is 1. The van der Waals surface area contributed by atoms with E-state index in [1.807, 2.05) is 24.3 Å². The Hall–Kier alpha value is -1.88. The molecule has 0 aliphatic rings. The lowest BCUT2D eigenvalue weighted by Gasteiger charge is -2.04. The van der Waals surface area contributed by atoms with E-state index in [1.54, 1.807) is 0 Å². The van der Waals surface area contributed by atoms with Gasteiger partial charge in [0.25, 0.3) is 0 Å². The smallest absolute Gasteiger partial charge is 0.339 e. The molecule has 0 fully saturated rings. The Morgan fingerprint density at radius 2 is 1.88 bits per heavy atom. The maximum Gasteiger partial charge on any atom is 0.339 e. The van der Waals surface area contributed by atoms with E-state index in [0.717, 1.165) is 16.2 Å². The lowest BCUT2D eigenvalue weighted by atomic mass is 10.1. The van der Waals surface area contributed by atoms with Gasteiger partial charge in [-0.3, -0.25) is 4.98 Å². The van der Waals surface area contributed by atoms with Crippen molar-refractivity contribution in [1.29, 1.82) is 0 Å². The maximum absolute atomic E-state index is 10.9. The predicted molar refractivity (Wildman–Crippen MR) is 66.0 cm³/mol. The highest BCUT2D eigenvalue weighted by molar-refractivity contribution is 9.10. The van der Waals surface area contributed by atoms with Gasteiger partial charge in [0.15, 0.2) is 0 Å². The Bertz CT molecular complexity index is 566. The van der Waals surface area contributed by atoms with Crippen molar-refractivity contribution in [2.24, 2.45) is 0 Å². The number of hydrogen-bond donors (Lipinski definition) is 2. The van der Waals surface area contributed by atoms with Gasteiger partial charge in [0.05, 0.1) is 11.9 Å². The molecule has 0 atom stereocenters. The van der Waals surface area contributed by atoms with Crippen LogP contribution in [0.2, 0.25) is 0 Å². The molecule has 5 heteroatoms. The highest BCUT2D eigenvalue weighted by Crippen LogP contribution is 2.24. The minimum absolute atomic E-state index is 0.155. The third-order valence-corrected chi connectivity index (χ3v) is 2.78. The van der Waals surface area contributed by atoms with Crippen molar-refractivity contribution in [2.45, 2.75) is 0 Å². The number of carbonyl (C=O) groups is 1. The summed E-state index contributed by atoms with van der Waals surface area (Å²) in [7, 11) is 0. The zero-order valence-electron chi connectivity index (χ0n) is 8.59. The van der Waals surface area contributed by atoms with Crippen LogP contribution in [0.25, 0.3) is 11.3 Å². The van der Waals surface area contributed by atoms with Crippen molar-refractivity contribution in [3.05, 3.63) is 46.6 Å². The summed E-state index contributed by atoms with van der Waals surface area (Å²) in [4.78, 5) is 14.9. The molecule has 1 heterocycles. The van der Waals surface area contributed by atoms with Crippen molar-refractivity contribution in [2.75, 3.05) is 0 Å². The molecule has 0 unspecified atom stereocenters. The van der Waals surface area contributed by atoms with Gasteiger partial charge in [-0.05, 0) is 18.2 Å². The first-order chi connectivity index (χ1) is 8.08. The van der Waals surface area contributed by atoms with Crippen LogP contribution in [0.4, 0.5) is 0 Å². The van der Waals surface area contributed by atoms with Gasteiger partial charge in [-0.15, -0.1) is 0 Å². The van der Waals surface area contributed by atoms with E-state index in [2.05, 4.69) is 20.9 Å². The molecule has 0 radical (unpaired) electrons. The minimum atomic E-state index is -1.18. The summed E-state index contributed by atoms with van der Waals surface area (Å²) in [5, 5.41) is 18.2. The molecule has 0 spiro atoms. The molecule has 1 aromatic carbocycles. The molecule has 86 valence electrons. The van der Waals surface area contributed by atoms with Gasteiger partial charge >= 0.3 is 5.97 Å². The fraction of sp³-hybridized carbons (Fsp3) is 0. The summed E-state index contributed by atoms with van der Waals surface area (Å²) in [6, 6.07) is 8.65. The molecule has 1 aromatic heterocycles. The summed E-state index contributed by atoms with van der Waals surface area (Å²) in [6.07, 6.45) is 1.14. The monoisotopic (exact) mass is 293 g/mol. The van der Waals surface area contributed by atoms with Gasteiger partial charge in [0.1, 0.15) is 11.3 Å². The van der Waals surface area contributed by atoms with Crippen LogP contribution in [0.5, 0.6) is 5.75 Å². The second kappa shape index (κ2) is 4.55. The molecular weight excluding hydrogens is 286 g/mol. The van der Waals surface area contributed by atoms with E-state index in [9.17, 15) is 9.90 Å². The summed E-state index contributed by atoms with van der Waals surface area (Å²) < 4.78 is 0.929. The Morgan fingerprint density at radius 1 is 1.24 bits per heavy atom. The lowest BCUT2D eigenvalue weighted by molar-refractivity contribution is 0.0693. The average Bonchev–Trinajstić information content (AvgIpc) is 2.30. The molecule has 2 rings (SSSR count). The molecule has 0 amide bonds. The van der Waals surface area contributed by atoms with Gasteiger partial charge in [0, 0.05) is 10.0 Å². The normalized spacial score (nSPS) is 10.2. The molecular formula is C12H8BrNO3. The molecule has 2 N–H and O–H groups in total. The average molecular weight is 294 g/mol. The number of pyridine rings is 1. The molecule has 2 aromatic rings. The van der Waals surface area contributed by atoms with Crippen molar-refractivity contribution in [1.82, 2.24) is 4.98 Å². The Balaban J connectivity index is 2.50. The van der Waals surface area contributed by atoms with Crippen LogP contribution in [0.3, 0.4) is 0 Å². The first kappa shape index (κ1) is 11.6. The van der Waals surface area contributed by atoms with Crippen LogP contribution in [0.15, 0.2) is 41.0 Å². The second-order valence-corrected chi connectivity index (χ2v) is 4.31. The molecule has 4 nitrogen and oxygen atoms in total. The molecule has 0 saturated heterocycles. The van der Waals surface area contributed by atoms with Crippen molar-refractivity contribution in [3.63, 3.8) is 0 Å². The van der Waals surface area contributed by atoms with Crippen LogP contribution < -0.4 is 0 Å². The van der Waals surface area contributed by atoms with Gasteiger partial charge in [0.2, 0.25) is 0 Å². The van der Waals surface area contributed by atoms with Gasteiger partial charge in [-0.2, -0.15) is 0 Å². The second-order valence-electron chi connectivity index (χ2n) is 3.40. The van der Waals surface area contributed by atoms with Gasteiger partial charge in [-0.1, -0.05) is 28.1 Å². The summed E-state index contributed by atoms with van der Waals surface area (Å²) in [6.45, 7) is 0. The van der Waals surface area contributed by atoms with Gasteiger partial charge < -0.3 is 10.2 Å². The minimum Gasteiger partial charge on any atom is -0.505 e. The number of nitrogens with zero attached hydrogens (tertiary/aromatic N) is 1. The highest BCUT2D eigenvalue weighted by Gasteiger charge is 2.11. The lowest BCUT2D eigenvalue weighted by Crippen LogP contribution is -1.98. The third kappa shape index (κ3) is 2.45. The molecule has 0 saturated carbocycles. The summed E-state index contributed by atoms with van der Waals surface area (Å²) in [5.74, 6) is -1.51. The summed E-state index contributed by atoms with van der Waals surface area (Å²) >= 11 is 3.31. The SMILES string of the molecule is O=C(O)c1cc(-c2ccc(Br)cc2)ncc1O. The van der Waals surface area contributed by atoms with Gasteiger partial charge in [-0.25, -0.2) is 4.79 Å². The summed E-state index contributed by atoms with van der Waals surface area (Å²) in [5.41, 5.74) is 1.14. The van der Waals surface area contributed by atoms with E-state index < -0.39 is 5.97 Å². The zero-order chi connectivity index (χ0) is 12.4. The third-order valence-electron chi connectivity index (χ3n) is 2.25. The molecule has 17 heavy (non-hydrogen) atoms. The van der Waals surface area contributed by atoms with Crippen LogP contribution in [-0.2, 0) is 0 Å². The fourth-order valence-corrected chi connectivity index (χ4v) is 1.66. The number of carboxylic acid groups (broad SMARTS) is 1. The molecule has 0 aliphatic heterocycles. The number of aromatic hydroxyl groups is 1.